The highest BCUT2D eigenvalue weighted by atomic mass is 32.2. The fourth-order valence-electron chi connectivity index (χ4n) is 3.68. The number of ether oxygens (including phenoxy) is 2. The van der Waals surface area contributed by atoms with Crippen LogP contribution in [0.1, 0.15) is 19.4 Å². The molecule has 28 heavy (non-hydrogen) atoms. The van der Waals surface area contributed by atoms with Gasteiger partial charge in [0.25, 0.3) is 10.2 Å². The minimum atomic E-state index is -3.53. The van der Waals surface area contributed by atoms with Crippen LogP contribution < -0.4 is 4.74 Å². The fourth-order valence-corrected chi connectivity index (χ4v) is 5.43. The van der Waals surface area contributed by atoms with Gasteiger partial charge in [-0.25, -0.2) is 0 Å². The molecule has 0 saturated carbocycles. The van der Waals surface area contributed by atoms with Crippen LogP contribution in [-0.2, 0) is 26.2 Å². The Labute approximate surface area is 167 Å². The number of piperazine rings is 1. The maximum atomic E-state index is 12.9. The van der Waals surface area contributed by atoms with E-state index in [-0.39, 0.29) is 18.1 Å². The van der Waals surface area contributed by atoms with Crippen molar-refractivity contribution < 1.29 is 22.7 Å². The summed E-state index contributed by atoms with van der Waals surface area (Å²) in [5.41, 5.74) is 0.914. The summed E-state index contributed by atoms with van der Waals surface area (Å²) in [4.78, 5) is 14.3. The van der Waals surface area contributed by atoms with E-state index in [0.717, 1.165) is 11.3 Å². The van der Waals surface area contributed by atoms with Gasteiger partial charge in [0.05, 0.1) is 25.7 Å². The van der Waals surface area contributed by atoms with E-state index in [2.05, 4.69) is 0 Å². The normalized spacial score (nSPS) is 24.9. The van der Waals surface area contributed by atoms with Crippen LogP contribution in [0, 0.1) is 0 Å². The van der Waals surface area contributed by atoms with Crippen LogP contribution >= 0.6 is 0 Å². The van der Waals surface area contributed by atoms with Crippen LogP contribution in [0.2, 0.25) is 0 Å². The molecule has 1 aromatic carbocycles. The van der Waals surface area contributed by atoms with E-state index in [1.54, 1.807) is 12.0 Å². The number of methoxy groups -OCH3 is 1. The second-order valence-electron chi connectivity index (χ2n) is 7.39. The first-order chi connectivity index (χ1) is 13.3. The average molecular weight is 412 g/mol. The number of hydrogen-bond donors (Lipinski definition) is 0. The minimum absolute atomic E-state index is 0.0100. The molecule has 2 aliphatic heterocycles. The molecule has 1 amide bonds. The standard InChI is InChI=1S/C19H29N3O5S/c1-15-13-22(14-16(2)27-15)28(24,25)21-10-8-20(9-11-21)19(23)12-17-4-6-18(26-3)7-5-17/h4-7,15-16H,8-14H2,1-3H3/t15-,16-/m1/s1. The maximum Gasteiger partial charge on any atom is 0.282 e. The lowest BCUT2D eigenvalue weighted by molar-refractivity contribution is -0.131. The lowest BCUT2D eigenvalue weighted by atomic mass is 10.1. The molecule has 2 atom stereocenters. The molecule has 0 spiro atoms. The molecule has 0 radical (unpaired) electrons. The SMILES string of the molecule is COc1ccc(CC(=O)N2CCN(S(=O)(=O)N3C[C@@H](C)O[C@H](C)C3)CC2)cc1. The second-order valence-corrected chi connectivity index (χ2v) is 9.32. The molecule has 9 heteroatoms. The van der Waals surface area contributed by atoms with Crippen LogP contribution in [-0.4, -0.2) is 86.4 Å². The van der Waals surface area contributed by atoms with E-state index in [1.165, 1.54) is 8.61 Å². The van der Waals surface area contributed by atoms with Gasteiger partial charge < -0.3 is 14.4 Å². The summed E-state index contributed by atoms with van der Waals surface area (Å²) >= 11 is 0. The first-order valence-electron chi connectivity index (χ1n) is 9.61. The third kappa shape index (κ3) is 4.83. The summed E-state index contributed by atoms with van der Waals surface area (Å²) < 4.78 is 39.6. The van der Waals surface area contributed by atoms with Crippen molar-refractivity contribution in [2.75, 3.05) is 46.4 Å². The summed E-state index contributed by atoms with van der Waals surface area (Å²) in [6, 6.07) is 7.41. The maximum absolute atomic E-state index is 12.9. The molecule has 3 rings (SSSR count). The van der Waals surface area contributed by atoms with Gasteiger partial charge in [-0.05, 0) is 31.5 Å². The van der Waals surface area contributed by atoms with Gasteiger partial charge in [0.2, 0.25) is 5.91 Å². The van der Waals surface area contributed by atoms with Gasteiger partial charge in [-0.3, -0.25) is 4.79 Å². The van der Waals surface area contributed by atoms with E-state index in [9.17, 15) is 13.2 Å². The first kappa shape index (κ1) is 21.0. The molecule has 0 aromatic heterocycles. The van der Waals surface area contributed by atoms with Gasteiger partial charge in [0.15, 0.2) is 0 Å². The lowest BCUT2D eigenvalue weighted by Gasteiger charge is -2.40. The Kier molecular flexibility index (Phi) is 6.59. The van der Waals surface area contributed by atoms with E-state index in [0.29, 0.717) is 45.7 Å². The minimum Gasteiger partial charge on any atom is -0.497 e. The molecule has 0 bridgehead atoms. The molecule has 0 aliphatic carbocycles. The summed E-state index contributed by atoms with van der Waals surface area (Å²) in [6.45, 7) is 5.94. The first-order valence-corrected chi connectivity index (χ1v) is 11.0. The predicted octanol–water partition coefficient (Wildman–Crippen LogP) is 0.736. The Morgan fingerprint density at radius 1 is 1.04 bits per heavy atom. The summed E-state index contributed by atoms with van der Waals surface area (Å²) in [6.07, 6.45) is 0.0617. The smallest absolute Gasteiger partial charge is 0.282 e. The van der Waals surface area contributed by atoms with E-state index < -0.39 is 10.2 Å². The van der Waals surface area contributed by atoms with Crippen molar-refractivity contribution in [1.29, 1.82) is 0 Å². The van der Waals surface area contributed by atoms with Crippen molar-refractivity contribution >= 4 is 16.1 Å². The third-order valence-electron chi connectivity index (χ3n) is 5.14. The zero-order valence-electron chi connectivity index (χ0n) is 16.7. The molecular weight excluding hydrogens is 382 g/mol. The van der Waals surface area contributed by atoms with Crippen molar-refractivity contribution in [2.24, 2.45) is 0 Å². The largest absolute Gasteiger partial charge is 0.497 e. The van der Waals surface area contributed by atoms with Gasteiger partial charge in [-0.15, -0.1) is 0 Å². The zero-order chi connectivity index (χ0) is 20.3. The van der Waals surface area contributed by atoms with Crippen LogP contribution in [0.5, 0.6) is 5.75 Å². The zero-order valence-corrected chi connectivity index (χ0v) is 17.5. The van der Waals surface area contributed by atoms with Gasteiger partial charge in [-0.1, -0.05) is 12.1 Å². The van der Waals surface area contributed by atoms with Gasteiger partial charge in [0, 0.05) is 39.3 Å². The third-order valence-corrected chi connectivity index (χ3v) is 7.11. The Morgan fingerprint density at radius 2 is 1.61 bits per heavy atom. The second kappa shape index (κ2) is 8.77. The average Bonchev–Trinajstić information content (AvgIpc) is 2.68. The number of carbonyl (C=O) groups is 1. The fraction of sp³-hybridized carbons (Fsp3) is 0.632. The Morgan fingerprint density at radius 3 is 2.14 bits per heavy atom. The number of benzene rings is 1. The molecule has 2 fully saturated rings. The number of hydrogen-bond acceptors (Lipinski definition) is 5. The van der Waals surface area contributed by atoms with E-state index in [4.69, 9.17) is 9.47 Å². The van der Waals surface area contributed by atoms with Gasteiger partial charge >= 0.3 is 0 Å². The topological polar surface area (TPSA) is 79.4 Å². The summed E-state index contributed by atoms with van der Waals surface area (Å²) in [5, 5.41) is 0. The Balaban J connectivity index is 1.55. The van der Waals surface area contributed by atoms with Crippen molar-refractivity contribution in [2.45, 2.75) is 32.5 Å². The molecule has 0 N–H and O–H groups in total. The van der Waals surface area contributed by atoms with E-state index >= 15 is 0 Å². The Hall–Kier alpha value is -1.68. The molecule has 2 aliphatic rings. The number of rotatable bonds is 5. The van der Waals surface area contributed by atoms with E-state index in [1.807, 2.05) is 38.1 Å². The number of nitrogens with zero attached hydrogens (tertiary/aromatic N) is 3. The van der Waals surface area contributed by atoms with Crippen molar-refractivity contribution in [3.63, 3.8) is 0 Å². The van der Waals surface area contributed by atoms with Crippen molar-refractivity contribution in [3.05, 3.63) is 29.8 Å². The molecule has 1 aromatic rings. The lowest BCUT2D eigenvalue weighted by Crippen LogP contribution is -2.57. The quantitative estimate of drug-likeness (QED) is 0.714. The molecular formula is C19H29N3O5S. The highest BCUT2D eigenvalue weighted by Crippen LogP contribution is 2.19. The summed E-state index contributed by atoms with van der Waals surface area (Å²) in [5.74, 6) is 0.762. The van der Waals surface area contributed by atoms with Gasteiger partial charge in [0.1, 0.15) is 5.75 Å². The van der Waals surface area contributed by atoms with Crippen molar-refractivity contribution in [1.82, 2.24) is 13.5 Å². The molecule has 2 saturated heterocycles. The van der Waals surface area contributed by atoms with Crippen molar-refractivity contribution in [3.8, 4) is 5.75 Å². The number of amides is 1. The Bertz CT molecular complexity index is 765. The monoisotopic (exact) mass is 411 g/mol. The molecule has 0 unspecified atom stereocenters. The predicted molar refractivity (Wildman–Crippen MR) is 105 cm³/mol. The van der Waals surface area contributed by atoms with Crippen LogP contribution in [0.25, 0.3) is 0 Å². The van der Waals surface area contributed by atoms with Gasteiger partial charge in [-0.2, -0.15) is 17.0 Å². The highest BCUT2D eigenvalue weighted by molar-refractivity contribution is 7.86. The highest BCUT2D eigenvalue weighted by Gasteiger charge is 2.37. The summed E-state index contributed by atoms with van der Waals surface area (Å²) in [7, 11) is -1.93. The van der Waals surface area contributed by atoms with Crippen LogP contribution in [0.3, 0.4) is 0 Å². The number of morpholine rings is 1. The molecule has 2 heterocycles. The number of carbonyl (C=O) groups excluding carboxylic acids is 1. The molecule has 156 valence electrons. The van der Waals surface area contributed by atoms with Crippen LogP contribution in [0.15, 0.2) is 24.3 Å². The molecule has 8 nitrogen and oxygen atoms in total. The van der Waals surface area contributed by atoms with Crippen LogP contribution in [0.4, 0.5) is 0 Å².